The highest BCUT2D eigenvalue weighted by Crippen LogP contribution is 1.97. The molecule has 0 saturated carbocycles. The van der Waals surface area contributed by atoms with E-state index in [0.717, 1.165) is 6.21 Å². The predicted molar refractivity (Wildman–Crippen MR) is 45.9 cm³/mol. The molecule has 12 heavy (non-hydrogen) atoms. The van der Waals surface area contributed by atoms with Crippen molar-refractivity contribution in [1.82, 2.24) is 0 Å². The van der Waals surface area contributed by atoms with Crippen molar-refractivity contribution >= 4 is 18.5 Å². The number of hydrogen-bond acceptors (Lipinski definition) is 3. The maximum Gasteiger partial charge on any atom is 0.340 e. The molecule has 0 rings (SSSR count). The Morgan fingerprint density at radius 2 is 2.00 bits per heavy atom. The van der Waals surface area contributed by atoms with Crippen LogP contribution in [0, 0.1) is 0 Å². The van der Waals surface area contributed by atoms with Gasteiger partial charge in [0.2, 0.25) is 0 Å². The molecule has 0 aromatic heterocycles. The first-order chi connectivity index (χ1) is 5.59. The van der Waals surface area contributed by atoms with E-state index in [0.29, 0.717) is 0 Å². The Morgan fingerprint density at radius 1 is 1.42 bits per heavy atom. The van der Waals surface area contributed by atoms with Crippen LogP contribution in [0.15, 0.2) is 21.3 Å². The lowest BCUT2D eigenvalue weighted by Gasteiger charge is -1.93. The van der Waals surface area contributed by atoms with Gasteiger partial charge >= 0.3 is 5.97 Å². The maximum atomic E-state index is 10.4. The zero-order valence-electron chi connectivity index (χ0n) is 6.85. The number of hydrogen-bond donors (Lipinski definition) is 2. The first kappa shape index (κ1) is 10.3. The van der Waals surface area contributed by atoms with Crippen molar-refractivity contribution in [1.29, 1.82) is 0 Å². The predicted octanol–water partition coefficient (Wildman–Crippen LogP) is 0.632. The van der Waals surface area contributed by atoms with Crippen LogP contribution in [0.2, 0.25) is 0 Å². The molecule has 5 heteroatoms. The molecule has 0 aromatic carbocycles. The Bertz CT molecular complexity index is 249. The number of aliphatic hydroxyl groups is 1. The lowest BCUT2D eigenvalue weighted by molar-refractivity contribution is -0.132. The van der Waals surface area contributed by atoms with Gasteiger partial charge in [-0.15, -0.1) is 0 Å². The van der Waals surface area contributed by atoms with Gasteiger partial charge in [0, 0.05) is 13.3 Å². The third-order valence-electron chi connectivity index (χ3n) is 1.01. The smallest absolute Gasteiger partial charge is 0.340 e. The lowest BCUT2D eigenvalue weighted by atomic mass is 10.2. The van der Waals surface area contributed by atoms with Crippen molar-refractivity contribution in [3.05, 3.63) is 11.3 Å². The maximum absolute atomic E-state index is 10.4. The zero-order chi connectivity index (χ0) is 9.56. The molecule has 0 aliphatic heterocycles. The summed E-state index contributed by atoms with van der Waals surface area (Å²) in [6.45, 7) is 1.28. The highest BCUT2D eigenvalue weighted by molar-refractivity contribution is 6.10. The molecule has 0 heterocycles. The summed E-state index contributed by atoms with van der Waals surface area (Å²) in [5, 5.41) is 17.3. The molecule has 66 valence electrons. The molecule has 0 radical (unpaired) electrons. The quantitative estimate of drug-likeness (QED) is 0.282. The van der Waals surface area contributed by atoms with Crippen molar-refractivity contribution in [2.75, 3.05) is 7.05 Å². The number of carboxylic acid groups (broad SMARTS) is 1. The molecular formula is C7H10N2O3. The second-order valence-electron chi connectivity index (χ2n) is 1.96. The van der Waals surface area contributed by atoms with Gasteiger partial charge in [-0.2, -0.15) is 0 Å². The van der Waals surface area contributed by atoms with E-state index in [1.165, 1.54) is 20.3 Å². The Labute approximate surface area is 69.8 Å². The monoisotopic (exact) mass is 170 g/mol. The van der Waals surface area contributed by atoms with Crippen LogP contribution in [0.1, 0.15) is 6.92 Å². The second-order valence-corrected chi connectivity index (χ2v) is 1.96. The summed E-state index contributed by atoms with van der Waals surface area (Å²) in [7, 11) is 1.51. The van der Waals surface area contributed by atoms with Gasteiger partial charge in [-0.1, -0.05) is 0 Å². The third-order valence-corrected chi connectivity index (χ3v) is 1.01. The van der Waals surface area contributed by atoms with Crippen LogP contribution in [-0.2, 0) is 4.79 Å². The molecule has 5 nitrogen and oxygen atoms in total. The summed E-state index contributed by atoms with van der Waals surface area (Å²) in [5.74, 6) is -1.50. The number of carboxylic acids is 1. The van der Waals surface area contributed by atoms with Crippen LogP contribution >= 0.6 is 0 Å². The minimum atomic E-state index is -1.22. The van der Waals surface area contributed by atoms with Gasteiger partial charge in [0.25, 0.3) is 0 Å². The highest BCUT2D eigenvalue weighted by atomic mass is 16.4. The first-order valence-electron chi connectivity index (χ1n) is 3.16. The molecule has 0 atom stereocenters. The van der Waals surface area contributed by atoms with E-state index in [2.05, 4.69) is 9.98 Å². The normalized spacial score (nSPS) is 13.8. The van der Waals surface area contributed by atoms with E-state index in [4.69, 9.17) is 10.2 Å². The van der Waals surface area contributed by atoms with E-state index in [9.17, 15) is 4.79 Å². The van der Waals surface area contributed by atoms with E-state index in [1.54, 1.807) is 0 Å². The molecule has 2 N–H and O–H groups in total. The van der Waals surface area contributed by atoms with Gasteiger partial charge in [-0.25, -0.2) is 9.79 Å². The van der Waals surface area contributed by atoms with E-state index in [1.807, 2.05) is 0 Å². The van der Waals surface area contributed by atoms with Gasteiger partial charge in [-0.05, 0) is 6.92 Å². The van der Waals surface area contributed by atoms with Crippen LogP contribution < -0.4 is 0 Å². The summed E-state index contributed by atoms with van der Waals surface area (Å²) in [6, 6.07) is 0. The fourth-order valence-corrected chi connectivity index (χ4v) is 0.478. The van der Waals surface area contributed by atoms with Crippen LogP contribution in [0.4, 0.5) is 0 Å². The van der Waals surface area contributed by atoms with Crippen LogP contribution in [0.3, 0.4) is 0 Å². The Hall–Kier alpha value is -1.65. The second kappa shape index (κ2) is 5.06. The van der Waals surface area contributed by atoms with Gasteiger partial charge in [0.15, 0.2) is 0 Å². The van der Waals surface area contributed by atoms with Crippen molar-refractivity contribution in [3.8, 4) is 0 Å². The van der Waals surface area contributed by atoms with Gasteiger partial charge < -0.3 is 10.2 Å². The molecule has 0 fully saturated rings. The van der Waals surface area contributed by atoms with Gasteiger partial charge in [-0.3, -0.25) is 4.99 Å². The molecule has 0 unspecified atom stereocenters. The van der Waals surface area contributed by atoms with Crippen molar-refractivity contribution in [3.63, 3.8) is 0 Å². The average molecular weight is 170 g/mol. The molecule has 0 saturated heterocycles. The first-order valence-corrected chi connectivity index (χ1v) is 3.16. The van der Waals surface area contributed by atoms with Crippen molar-refractivity contribution < 1.29 is 15.0 Å². The van der Waals surface area contributed by atoms with Crippen LogP contribution in [0.25, 0.3) is 0 Å². The van der Waals surface area contributed by atoms with E-state index >= 15 is 0 Å². The summed E-state index contributed by atoms with van der Waals surface area (Å²) in [6.07, 6.45) is 2.22. The number of nitrogens with zero attached hydrogens (tertiary/aromatic N) is 2. The van der Waals surface area contributed by atoms with Gasteiger partial charge in [0.05, 0.1) is 0 Å². The highest BCUT2D eigenvalue weighted by Gasteiger charge is 2.06. The van der Waals surface area contributed by atoms with Crippen LogP contribution in [-0.4, -0.2) is 35.8 Å². The number of allylic oxidation sites excluding steroid dienone is 1. The third kappa shape index (κ3) is 3.50. The average Bonchev–Trinajstić information content (AvgIpc) is 1.96. The topological polar surface area (TPSA) is 82.2 Å². The van der Waals surface area contributed by atoms with E-state index < -0.39 is 5.97 Å². The Balaban J connectivity index is 4.58. The molecule has 0 aliphatic rings. The molecule has 0 spiro atoms. The number of aliphatic hydroxyl groups excluding tert-OH is 1. The van der Waals surface area contributed by atoms with Crippen molar-refractivity contribution in [2.45, 2.75) is 6.92 Å². The fourth-order valence-electron chi connectivity index (χ4n) is 0.478. The Kier molecular flexibility index (Phi) is 4.36. The number of carbonyl (C=O) groups is 1. The fraction of sp³-hybridized carbons (Fsp3) is 0.286. The SMILES string of the molecule is CN=CN=CC(C(=O)O)=C(C)O. The molecule has 0 amide bonds. The van der Waals surface area contributed by atoms with Crippen molar-refractivity contribution in [2.24, 2.45) is 9.98 Å². The minimum absolute atomic E-state index is 0.241. The van der Waals surface area contributed by atoms with Gasteiger partial charge in [0.1, 0.15) is 17.7 Å². The van der Waals surface area contributed by atoms with E-state index in [-0.39, 0.29) is 11.3 Å². The van der Waals surface area contributed by atoms with Crippen LogP contribution in [0.5, 0.6) is 0 Å². The summed E-state index contributed by atoms with van der Waals surface area (Å²) in [5.41, 5.74) is -0.241. The molecule has 0 bridgehead atoms. The summed E-state index contributed by atoms with van der Waals surface area (Å²) in [4.78, 5) is 17.4. The Morgan fingerprint density at radius 3 is 2.33 bits per heavy atom. The summed E-state index contributed by atoms with van der Waals surface area (Å²) < 4.78 is 0. The molecule has 0 aliphatic carbocycles. The minimum Gasteiger partial charge on any atom is -0.512 e. The standard InChI is InChI=1S/C7H10N2O3/c1-5(10)6(7(11)12)3-9-4-8-2/h3-4,10H,1-2H3,(H,11,12). The zero-order valence-corrected chi connectivity index (χ0v) is 6.85. The summed E-state index contributed by atoms with van der Waals surface area (Å²) >= 11 is 0. The number of rotatable bonds is 3. The molecule has 0 aromatic rings. The number of aliphatic carboxylic acids is 1. The largest absolute Gasteiger partial charge is 0.512 e. The molecular weight excluding hydrogens is 160 g/mol. The lowest BCUT2D eigenvalue weighted by Crippen LogP contribution is -2.04. The number of aliphatic imine (C=N–C) groups is 2.